The molecule has 0 radical (unpaired) electrons. The van der Waals surface area contributed by atoms with Crippen molar-refractivity contribution in [2.75, 3.05) is 13.2 Å². The number of amides is 2. The van der Waals surface area contributed by atoms with E-state index in [9.17, 15) is 9.59 Å². The van der Waals surface area contributed by atoms with E-state index in [1.165, 1.54) is 0 Å². The number of likely N-dealkylation sites (tertiary alicyclic amines) is 1. The van der Waals surface area contributed by atoms with Crippen LogP contribution in [0.5, 0.6) is 0 Å². The average molecular weight is 268 g/mol. The van der Waals surface area contributed by atoms with Gasteiger partial charge < -0.3 is 15.3 Å². The third-order valence-corrected chi connectivity index (χ3v) is 3.96. The third kappa shape index (κ3) is 3.47. The van der Waals surface area contributed by atoms with Crippen molar-refractivity contribution in [3.05, 3.63) is 0 Å². The molecule has 1 saturated heterocycles. The number of nitrogens with one attached hydrogen (secondary N) is 1. The minimum absolute atomic E-state index is 0.0443. The van der Waals surface area contributed by atoms with Crippen LogP contribution in [0.15, 0.2) is 0 Å². The maximum absolute atomic E-state index is 12.3. The molecule has 1 unspecified atom stereocenters. The monoisotopic (exact) mass is 268 g/mol. The molecule has 1 heterocycles. The summed E-state index contributed by atoms with van der Waals surface area (Å²) in [5.41, 5.74) is -0.428. The second kappa shape index (κ2) is 5.49. The first-order valence-corrected chi connectivity index (χ1v) is 7.18. The summed E-state index contributed by atoms with van der Waals surface area (Å²) in [6, 6.07) is -0.314. The molecule has 1 atom stereocenters. The molecule has 2 amide bonds. The van der Waals surface area contributed by atoms with E-state index < -0.39 is 5.54 Å². The molecule has 0 spiro atoms. The zero-order valence-electron chi connectivity index (χ0n) is 11.8. The molecule has 0 aromatic heterocycles. The topological polar surface area (TPSA) is 69.6 Å². The number of carbonyl (C=O) groups excluding carboxylic acids is 2. The summed E-state index contributed by atoms with van der Waals surface area (Å²) in [6.07, 6.45) is 4.11. The molecule has 2 aliphatic rings. The highest BCUT2D eigenvalue weighted by atomic mass is 16.3. The maximum Gasteiger partial charge on any atom is 0.243 e. The number of carbonyl (C=O) groups is 2. The highest BCUT2D eigenvalue weighted by Gasteiger charge is 2.41. The second-order valence-electron chi connectivity index (χ2n) is 6.31. The molecule has 2 fully saturated rings. The van der Waals surface area contributed by atoms with E-state index in [1.54, 1.807) is 4.90 Å². The van der Waals surface area contributed by atoms with Crippen LogP contribution in [0.1, 0.15) is 46.0 Å². The van der Waals surface area contributed by atoms with Crippen LogP contribution in [0.2, 0.25) is 0 Å². The fourth-order valence-corrected chi connectivity index (χ4v) is 2.63. The number of rotatable bonds is 5. The predicted molar refractivity (Wildman–Crippen MR) is 71.4 cm³/mol. The van der Waals surface area contributed by atoms with Crippen molar-refractivity contribution in [1.82, 2.24) is 10.2 Å². The lowest BCUT2D eigenvalue weighted by molar-refractivity contribution is -0.140. The largest absolute Gasteiger partial charge is 0.396 e. The first kappa shape index (κ1) is 14.3. The van der Waals surface area contributed by atoms with E-state index in [4.69, 9.17) is 5.11 Å². The van der Waals surface area contributed by atoms with Gasteiger partial charge in [-0.2, -0.15) is 0 Å². The molecule has 2 rings (SSSR count). The van der Waals surface area contributed by atoms with Gasteiger partial charge in [-0.15, -0.1) is 0 Å². The van der Waals surface area contributed by atoms with Gasteiger partial charge in [-0.25, -0.2) is 0 Å². The summed E-state index contributed by atoms with van der Waals surface area (Å²) in [4.78, 5) is 26.2. The fourth-order valence-electron chi connectivity index (χ4n) is 2.63. The smallest absolute Gasteiger partial charge is 0.243 e. The van der Waals surface area contributed by atoms with Crippen LogP contribution in [0.4, 0.5) is 0 Å². The van der Waals surface area contributed by atoms with Crippen LogP contribution in [0.25, 0.3) is 0 Å². The molecular weight excluding hydrogens is 244 g/mol. The highest BCUT2D eigenvalue weighted by molar-refractivity contribution is 5.90. The standard InChI is InChI=1S/C14H24N2O3/c1-14(2,7-9-17)15-12(18)11-4-3-8-16(11)13(19)10-5-6-10/h10-11,17H,3-9H2,1-2H3,(H,15,18). The van der Waals surface area contributed by atoms with Crippen LogP contribution in [0, 0.1) is 5.92 Å². The Morgan fingerprint density at radius 1 is 1.32 bits per heavy atom. The maximum atomic E-state index is 12.3. The summed E-state index contributed by atoms with van der Waals surface area (Å²) < 4.78 is 0. The predicted octanol–water partition coefficient (Wildman–Crippen LogP) is 0.665. The summed E-state index contributed by atoms with van der Waals surface area (Å²) in [5.74, 6) is 0.237. The first-order chi connectivity index (χ1) is 8.94. The Balaban J connectivity index is 1.95. The number of aliphatic hydroxyl groups is 1. The quantitative estimate of drug-likeness (QED) is 0.770. The normalized spacial score (nSPS) is 23.5. The van der Waals surface area contributed by atoms with E-state index >= 15 is 0 Å². The molecular formula is C14H24N2O3. The van der Waals surface area contributed by atoms with Crippen LogP contribution < -0.4 is 5.32 Å². The number of aliphatic hydroxyl groups excluding tert-OH is 1. The molecule has 0 aromatic rings. The Morgan fingerprint density at radius 2 is 2.00 bits per heavy atom. The van der Waals surface area contributed by atoms with Crippen molar-refractivity contribution in [2.24, 2.45) is 5.92 Å². The van der Waals surface area contributed by atoms with Crippen molar-refractivity contribution in [3.63, 3.8) is 0 Å². The highest BCUT2D eigenvalue weighted by Crippen LogP contribution is 2.33. The van der Waals surface area contributed by atoms with Crippen LogP contribution >= 0.6 is 0 Å². The van der Waals surface area contributed by atoms with Crippen molar-refractivity contribution < 1.29 is 14.7 Å². The van der Waals surface area contributed by atoms with Gasteiger partial charge in [0.2, 0.25) is 11.8 Å². The minimum Gasteiger partial charge on any atom is -0.396 e. The van der Waals surface area contributed by atoms with E-state index in [0.717, 1.165) is 25.7 Å². The SMILES string of the molecule is CC(C)(CCO)NC(=O)C1CCCN1C(=O)C1CC1. The second-order valence-corrected chi connectivity index (χ2v) is 6.31. The number of nitrogens with zero attached hydrogens (tertiary/aromatic N) is 1. The van der Waals surface area contributed by atoms with Crippen LogP contribution in [-0.2, 0) is 9.59 Å². The van der Waals surface area contributed by atoms with Crippen molar-refractivity contribution in [1.29, 1.82) is 0 Å². The Labute approximate surface area is 114 Å². The van der Waals surface area contributed by atoms with E-state index in [0.29, 0.717) is 13.0 Å². The van der Waals surface area contributed by atoms with Gasteiger partial charge in [0.05, 0.1) is 0 Å². The minimum atomic E-state index is -0.428. The fraction of sp³-hybridized carbons (Fsp3) is 0.857. The van der Waals surface area contributed by atoms with Crippen molar-refractivity contribution >= 4 is 11.8 Å². The molecule has 19 heavy (non-hydrogen) atoms. The van der Waals surface area contributed by atoms with Gasteiger partial charge in [-0.05, 0) is 46.0 Å². The Bertz CT molecular complexity index is 364. The van der Waals surface area contributed by atoms with E-state index in [2.05, 4.69) is 5.32 Å². The van der Waals surface area contributed by atoms with Gasteiger partial charge in [-0.3, -0.25) is 9.59 Å². The molecule has 1 saturated carbocycles. The molecule has 1 aliphatic carbocycles. The molecule has 1 aliphatic heterocycles. The molecule has 108 valence electrons. The Morgan fingerprint density at radius 3 is 2.58 bits per heavy atom. The molecule has 5 nitrogen and oxygen atoms in total. The van der Waals surface area contributed by atoms with E-state index in [1.807, 2.05) is 13.8 Å². The molecule has 0 aromatic carbocycles. The summed E-state index contributed by atoms with van der Waals surface area (Å²) >= 11 is 0. The van der Waals surface area contributed by atoms with Gasteiger partial charge in [0.15, 0.2) is 0 Å². The van der Waals surface area contributed by atoms with Crippen LogP contribution in [-0.4, -0.2) is 46.6 Å². The average Bonchev–Trinajstić information content (AvgIpc) is 3.04. The van der Waals surface area contributed by atoms with E-state index in [-0.39, 0.29) is 30.4 Å². The van der Waals surface area contributed by atoms with Gasteiger partial charge in [0.1, 0.15) is 6.04 Å². The van der Waals surface area contributed by atoms with Crippen LogP contribution in [0.3, 0.4) is 0 Å². The lowest BCUT2D eigenvalue weighted by Gasteiger charge is -2.30. The van der Waals surface area contributed by atoms with Gasteiger partial charge in [0, 0.05) is 24.6 Å². The van der Waals surface area contributed by atoms with Gasteiger partial charge >= 0.3 is 0 Å². The lowest BCUT2D eigenvalue weighted by Crippen LogP contribution is -2.53. The first-order valence-electron chi connectivity index (χ1n) is 7.18. The number of hydrogen-bond acceptors (Lipinski definition) is 3. The molecule has 0 bridgehead atoms. The third-order valence-electron chi connectivity index (χ3n) is 3.96. The van der Waals surface area contributed by atoms with Gasteiger partial charge in [0.25, 0.3) is 0 Å². The summed E-state index contributed by atoms with van der Waals surface area (Å²) in [5, 5.41) is 11.9. The zero-order valence-corrected chi connectivity index (χ0v) is 11.8. The molecule has 2 N–H and O–H groups in total. The zero-order chi connectivity index (χ0) is 14.0. The summed E-state index contributed by atoms with van der Waals surface area (Å²) in [6.45, 7) is 4.53. The Kier molecular flexibility index (Phi) is 4.13. The summed E-state index contributed by atoms with van der Waals surface area (Å²) in [7, 11) is 0. The van der Waals surface area contributed by atoms with Crippen molar-refractivity contribution in [3.8, 4) is 0 Å². The lowest BCUT2D eigenvalue weighted by atomic mass is 10.0. The number of hydrogen-bond donors (Lipinski definition) is 2. The molecule has 5 heteroatoms. The Hall–Kier alpha value is -1.10. The van der Waals surface area contributed by atoms with Crippen molar-refractivity contribution in [2.45, 2.75) is 57.5 Å². The van der Waals surface area contributed by atoms with Gasteiger partial charge in [-0.1, -0.05) is 0 Å².